The molecule has 3 fully saturated rings. The highest BCUT2D eigenvalue weighted by molar-refractivity contribution is 5.94. The number of alkyl halides is 2. The molecule has 12 nitrogen and oxygen atoms in total. The highest BCUT2D eigenvalue weighted by atomic mass is 19.3. The van der Waals surface area contributed by atoms with Crippen LogP contribution >= 0.6 is 0 Å². The number of carbonyl (C=O) groups excluding carboxylic acids is 4. The van der Waals surface area contributed by atoms with Crippen LogP contribution in [0.5, 0.6) is 5.75 Å². The number of carbonyl (C=O) groups is 4. The highest BCUT2D eigenvalue weighted by Gasteiger charge is 2.49. The van der Waals surface area contributed by atoms with Crippen molar-refractivity contribution in [2.45, 2.75) is 121 Å². The molecule has 3 aliphatic heterocycles. The molecule has 5 rings (SSSR count). The number of nitrogens with one attached hydrogen (secondary N) is 2. The van der Waals surface area contributed by atoms with Gasteiger partial charge < -0.3 is 29.7 Å². The molecule has 0 bridgehead atoms. The molecule has 0 radical (unpaired) electrons. The van der Waals surface area contributed by atoms with E-state index in [1.807, 2.05) is 31.2 Å². The van der Waals surface area contributed by atoms with Gasteiger partial charge in [0, 0.05) is 64.2 Å². The molecule has 1 aliphatic carbocycles. The Morgan fingerprint density at radius 2 is 1.78 bits per heavy atom. The van der Waals surface area contributed by atoms with Crippen molar-refractivity contribution in [2.75, 3.05) is 39.9 Å². The van der Waals surface area contributed by atoms with Crippen LogP contribution in [0.1, 0.15) is 84.7 Å². The van der Waals surface area contributed by atoms with Gasteiger partial charge in [-0.05, 0) is 65.9 Å². The summed E-state index contributed by atoms with van der Waals surface area (Å²) in [5, 5.41) is 6.01. The highest BCUT2D eigenvalue weighted by Crippen LogP contribution is 2.39. The number of piperazine rings is 1. The molecule has 6 atom stereocenters. The third kappa shape index (κ3) is 8.85. The number of likely N-dealkylation sites (N-methyl/N-ethyl adjacent to an activating group) is 1. The minimum atomic E-state index is -2.86. The molecule has 2 N–H and O–H groups in total. The number of halogens is 2. The van der Waals surface area contributed by atoms with Crippen LogP contribution in [0.15, 0.2) is 24.3 Å². The fourth-order valence-electron chi connectivity index (χ4n) is 7.51. The van der Waals surface area contributed by atoms with Gasteiger partial charge in [-0.25, -0.2) is 13.6 Å². The molecule has 278 valence electrons. The lowest BCUT2D eigenvalue weighted by atomic mass is 9.81. The molecule has 1 aromatic rings. The van der Waals surface area contributed by atoms with Crippen molar-refractivity contribution in [1.29, 1.82) is 0 Å². The summed E-state index contributed by atoms with van der Waals surface area (Å²) < 4.78 is 45.8. The van der Waals surface area contributed by atoms with Crippen LogP contribution in [0.3, 0.4) is 0 Å². The van der Waals surface area contributed by atoms with Gasteiger partial charge in [-0.2, -0.15) is 0 Å². The van der Waals surface area contributed by atoms with Gasteiger partial charge in [-0.1, -0.05) is 18.2 Å². The Kier molecular flexibility index (Phi) is 11.6. The van der Waals surface area contributed by atoms with E-state index in [9.17, 15) is 28.0 Å². The van der Waals surface area contributed by atoms with Gasteiger partial charge >= 0.3 is 6.09 Å². The van der Waals surface area contributed by atoms with E-state index in [0.29, 0.717) is 38.3 Å². The predicted molar refractivity (Wildman–Crippen MR) is 181 cm³/mol. The van der Waals surface area contributed by atoms with Crippen LogP contribution in [0, 0.1) is 5.92 Å². The molecule has 50 heavy (non-hydrogen) atoms. The predicted octanol–water partition coefficient (Wildman–Crippen LogP) is 3.88. The zero-order valence-electron chi connectivity index (χ0n) is 30.1. The summed E-state index contributed by atoms with van der Waals surface area (Å²) in [4.78, 5) is 60.4. The standard InChI is InChI=1S/C36H53F2N5O7/c1-7-48-25-18-24-19-43(28(21-42(24)20-25)32(45)39-27-14-17-49-29-11-9-8-10-26(27)29)33(46)30(23-12-15-36(37,38)16-13-23)40-31(44)22(2)41(6)34(47)50-35(3,4)5/h8-11,22-25,27-28,30H,7,12-21H2,1-6H3,(H,39,45)(H,40,44)/t22-,24+,25+,27+,28-,30-/m0/s1. The zero-order valence-corrected chi connectivity index (χ0v) is 30.1. The summed E-state index contributed by atoms with van der Waals surface area (Å²) in [6.45, 7) is 10.6. The number of amides is 4. The molecule has 0 spiro atoms. The second kappa shape index (κ2) is 15.4. The second-order valence-corrected chi connectivity index (χ2v) is 15.1. The normalized spacial score (nSPS) is 26.4. The lowest BCUT2D eigenvalue weighted by molar-refractivity contribution is -0.150. The minimum Gasteiger partial charge on any atom is -0.493 e. The van der Waals surface area contributed by atoms with Gasteiger partial charge in [0.2, 0.25) is 23.6 Å². The summed E-state index contributed by atoms with van der Waals surface area (Å²) in [7, 11) is 1.43. The van der Waals surface area contributed by atoms with Gasteiger partial charge in [0.25, 0.3) is 0 Å². The molecule has 2 saturated heterocycles. The maximum absolute atomic E-state index is 14.8. The fraction of sp³-hybridized carbons (Fsp3) is 0.722. The second-order valence-electron chi connectivity index (χ2n) is 15.1. The average Bonchev–Trinajstić information content (AvgIpc) is 3.46. The largest absolute Gasteiger partial charge is 0.493 e. The van der Waals surface area contributed by atoms with E-state index in [4.69, 9.17) is 14.2 Å². The Labute approximate surface area is 293 Å². The molecule has 4 amide bonds. The lowest BCUT2D eigenvalue weighted by Gasteiger charge is -2.45. The van der Waals surface area contributed by atoms with E-state index in [2.05, 4.69) is 15.5 Å². The molecular formula is C36H53F2N5O7. The lowest BCUT2D eigenvalue weighted by Crippen LogP contribution is -2.66. The number of hydrogen-bond acceptors (Lipinski definition) is 8. The van der Waals surface area contributed by atoms with Crippen molar-refractivity contribution in [2.24, 2.45) is 5.92 Å². The van der Waals surface area contributed by atoms with E-state index in [-0.39, 0.29) is 50.0 Å². The molecule has 0 unspecified atom stereocenters. The summed E-state index contributed by atoms with van der Waals surface area (Å²) in [6, 6.07) is 4.01. The molecule has 1 saturated carbocycles. The zero-order chi connectivity index (χ0) is 36.4. The third-order valence-corrected chi connectivity index (χ3v) is 10.4. The van der Waals surface area contributed by atoms with Crippen LogP contribution < -0.4 is 15.4 Å². The maximum atomic E-state index is 14.8. The third-order valence-electron chi connectivity index (χ3n) is 10.4. The van der Waals surface area contributed by atoms with Crippen molar-refractivity contribution in [3.63, 3.8) is 0 Å². The Bertz CT molecular complexity index is 1400. The topological polar surface area (TPSA) is 130 Å². The van der Waals surface area contributed by atoms with Gasteiger partial charge in [-0.15, -0.1) is 0 Å². The smallest absolute Gasteiger partial charge is 0.410 e. The Morgan fingerprint density at radius 3 is 2.46 bits per heavy atom. The average molecular weight is 706 g/mol. The first-order valence-corrected chi connectivity index (χ1v) is 17.9. The van der Waals surface area contributed by atoms with E-state index in [1.54, 1.807) is 20.8 Å². The first-order chi connectivity index (χ1) is 23.6. The van der Waals surface area contributed by atoms with Crippen LogP contribution in [-0.2, 0) is 23.9 Å². The van der Waals surface area contributed by atoms with Crippen LogP contribution in [0.25, 0.3) is 0 Å². The van der Waals surface area contributed by atoms with Gasteiger partial charge in [0.05, 0.1) is 18.8 Å². The van der Waals surface area contributed by atoms with Crippen molar-refractivity contribution in [3.8, 4) is 5.75 Å². The first-order valence-electron chi connectivity index (χ1n) is 17.9. The van der Waals surface area contributed by atoms with E-state index in [1.165, 1.54) is 18.9 Å². The monoisotopic (exact) mass is 705 g/mol. The van der Waals surface area contributed by atoms with Gasteiger partial charge in [-0.3, -0.25) is 24.2 Å². The number of fused-ring (bicyclic) bond motifs is 2. The summed E-state index contributed by atoms with van der Waals surface area (Å²) >= 11 is 0. The fourth-order valence-corrected chi connectivity index (χ4v) is 7.51. The van der Waals surface area contributed by atoms with Gasteiger partial charge in [0.1, 0.15) is 29.5 Å². The summed E-state index contributed by atoms with van der Waals surface area (Å²) in [5.74, 6) is -4.20. The SMILES string of the molecule is CCO[C@@H]1C[C@@H]2CN(C(=O)[C@@H](NC(=O)[C@H](C)N(C)C(=O)OC(C)(C)C)C3CCC(F)(F)CC3)[C@H](C(=O)N[C@@H]3CCOc4ccccc43)CN2C1. The summed E-state index contributed by atoms with van der Waals surface area (Å²) in [6.07, 6.45) is -0.325. The quantitative estimate of drug-likeness (QED) is 0.396. The Hall–Kier alpha value is -3.52. The number of rotatable bonds is 9. The number of nitrogens with zero attached hydrogens (tertiary/aromatic N) is 3. The van der Waals surface area contributed by atoms with Crippen molar-refractivity contribution >= 4 is 23.8 Å². The molecule has 3 heterocycles. The van der Waals surface area contributed by atoms with E-state index >= 15 is 0 Å². The molecule has 1 aromatic carbocycles. The van der Waals surface area contributed by atoms with Crippen LogP contribution in [0.4, 0.5) is 13.6 Å². The van der Waals surface area contributed by atoms with Crippen molar-refractivity contribution in [1.82, 2.24) is 25.3 Å². The van der Waals surface area contributed by atoms with Crippen molar-refractivity contribution in [3.05, 3.63) is 29.8 Å². The van der Waals surface area contributed by atoms with Crippen LogP contribution in [-0.4, -0.2) is 120 Å². The van der Waals surface area contributed by atoms with E-state index in [0.717, 1.165) is 10.5 Å². The van der Waals surface area contributed by atoms with E-state index < -0.39 is 66.3 Å². The van der Waals surface area contributed by atoms with Crippen molar-refractivity contribution < 1.29 is 42.2 Å². The Morgan fingerprint density at radius 1 is 1.08 bits per heavy atom. The number of para-hydroxylation sites is 1. The number of benzene rings is 1. The van der Waals surface area contributed by atoms with Gasteiger partial charge in [0.15, 0.2) is 0 Å². The Balaban J connectivity index is 1.41. The minimum absolute atomic E-state index is 0.0193. The maximum Gasteiger partial charge on any atom is 0.410 e. The number of ether oxygens (including phenoxy) is 3. The molecule has 14 heteroatoms. The first kappa shape index (κ1) is 37.7. The number of hydrogen-bond donors (Lipinski definition) is 2. The summed E-state index contributed by atoms with van der Waals surface area (Å²) in [5.41, 5.74) is 0.0619. The molecule has 4 aliphatic rings. The molecule has 0 aromatic heterocycles. The van der Waals surface area contributed by atoms with Crippen LogP contribution in [0.2, 0.25) is 0 Å². The molecular weight excluding hydrogens is 652 g/mol.